The van der Waals surface area contributed by atoms with Crippen molar-refractivity contribution in [2.24, 2.45) is 11.7 Å². The second kappa shape index (κ2) is 19.0. The van der Waals surface area contributed by atoms with E-state index >= 15 is 0 Å². The summed E-state index contributed by atoms with van der Waals surface area (Å²) >= 11 is 0. The van der Waals surface area contributed by atoms with Crippen molar-refractivity contribution in [3.8, 4) is 5.75 Å². The minimum absolute atomic E-state index is 0.0634. The Kier molecular flexibility index (Phi) is 14.9. The maximum atomic E-state index is 13.5. The van der Waals surface area contributed by atoms with Crippen molar-refractivity contribution >= 4 is 23.7 Å². The van der Waals surface area contributed by atoms with Crippen molar-refractivity contribution in [3.63, 3.8) is 0 Å². The molecule has 0 aromatic heterocycles. The lowest BCUT2D eigenvalue weighted by molar-refractivity contribution is -0.145. The molecule has 5 N–H and O–H groups in total. The second-order valence-corrected chi connectivity index (χ2v) is 11.7. The van der Waals surface area contributed by atoms with Gasteiger partial charge in [0, 0.05) is 6.42 Å². The summed E-state index contributed by atoms with van der Waals surface area (Å²) in [6, 6.07) is 22.4. The lowest BCUT2D eigenvalue weighted by Crippen LogP contribution is -2.57. The van der Waals surface area contributed by atoms with Crippen LogP contribution in [0.2, 0.25) is 0 Å². The van der Waals surface area contributed by atoms with E-state index in [0.29, 0.717) is 18.8 Å². The molecule has 11 heteroatoms. The van der Waals surface area contributed by atoms with Crippen LogP contribution in [0.25, 0.3) is 0 Å². The summed E-state index contributed by atoms with van der Waals surface area (Å²) < 4.78 is 16.3. The van der Waals surface area contributed by atoms with Gasteiger partial charge in [-0.25, -0.2) is 4.79 Å². The van der Waals surface area contributed by atoms with E-state index in [9.17, 15) is 19.2 Å². The molecule has 0 fully saturated rings. The summed E-state index contributed by atoms with van der Waals surface area (Å²) in [4.78, 5) is 51.8. The smallest absolute Gasteiger partial charge is 0.328 e. The third kappa shape index (κ3) is 12.9. The zero-order valence-electron chi connectivity index (χ0n) is 27.4. The van der Waals surface area contributed by atoms with Gasteiger partial charge in [-0.3, -0.25) is 14.4 Å². The fourth-order valence-corrected chi connectivity index (χ4v) is 4.64. The molecule has 3 aromatic rings. The lowest BCUT2D eigenvalue weighted by atomic mass is 10.0. The first-order valence-corrected chi connectivity index (χ1v) is 15.7. The molecule has 0 heterocycles. The van der Waals surface area contributed by atoms with Crippen molar-refractivity contribution < 1.29 is 33.4 Å². The van der Waals surface area contributed by atoms with Crippen LogP contribution in [-0.2, 0) is 48.3 Å². The Bertz CT molecular complexity index is 1420. The summed E-state index contributed by atoms with van der Waals surface area (Å²) in [5, 5.41) is 8.03. The summed E-state index contributed by atoms with van der Waals surface area (Å²) in [6.07, 6.45) is 0.480. The average Bonchev–Trinajstić information content (AvgIpc) is 3.07. The van der Waals surface area contributed by atoms with Crippen LogP contribution in [0.4, 0.5) is 0 Å². The standard InChI is InChI=1S/C36H46N4O7/c1-24(2)19-32(36(44)45-4)40-33(41)25(3)38-35(43)31(39-34(42)30(37)23-46-21-27-11-7-5-8-12-27)20-26-15-17-29(18-16-26)47-22-28-13-9-6-10-14-28/h5-18,24-25,30-32H,19-23,37H2,1-4H3,(H,38,43)(H,39,42)(H,40,41)/t25-,30+,31+,32+/m1/s1. The zero-order valence-corrected chi connectivity index (χ0v) is 27.4. The first kappa shape index (κ1) is 36.7. The Hall–Kier alpha value is -4.74. The maximum absolute atomic E-state index is 13.5. The van der Waals surface area contributed by atoms with Crippen LogP contribution in [0.15, 0.2) is 84.9 Å². The molecule has 252 valence electrons. The van der Waals surface area contributed by atoms with E-state index in [1.807, 2.05) is 74.5 Å². The molecule has 0 unspecified atom stereocenters. The topological polar surface area (TPSA) is 158 Å². The minimum atomic E-state index is -1.07. The van der Waals surface area contributed by atoms with Gasteiger partial charge in [0.15, 0.2) is 0 Å². The number of benzene rings is 3. The van der Waals surface area contributed by atoms with Gasteiger partial charge in [0.1, 0.15) is 36.5 Å². The maximum Gasteiger partial charge on any atom is 0.328 e. The highest BCUT2D eigenvalue weighted by Gasteiger charge is 2.29. The first-order valence-electron chi connectivity index (χ1n) is 15.7. The third-order valence-corrected chi connectivity index (χ3v) is 7.25. The predicted octanol–water partition coefficient (Wildman–Crippen LogP) is 3.05. The first-order chi connectivity index (χ1) is 22.5. The van der Waals surface area contributed by atoms with Gasteiger partial charge in [-0.05, 0) is 48.1 Å². The molecule has 0 radical (unpaired) electrons. The number of carbonyl (C=O) groups excluding carboxylic acids is 4. The van der Waals surface area contributed by atoms with Crippen LogP contribution < -0.4 is 26.4 Å². The van der Waals surface area contributed by atoms with E-state index in [1.165, 1.54) is 14.0 Å². The summed E-state index contributed by atoms with van der Waals surface area (Å²) in [6.45, 7) is 5.95. The summed E-state index contributed by atoms with van der Waals surface area (Å²) in [7, 11) is 1.25. The zero-order chi connectivity index (χ0) is 34.2. The normalized spacial score (nSPS) is 13.5. The highest BCUT2D eigenvalue weighted by Crippen LogP contribution is 2.16. The second-order valence-electron chi connectivity index (χ2n) is 11.7. The van der Waals surface area contributed by atoms with Gasteiger partial charge in [0.25, 0.3) is 0 Å². The van der Waals surface area contributed by atoms with E-state index in [2.05, 4.69) is 16.0 Å². The lowest BCUT2D eigenvalue weighted by Gasteiger charge is -2.24. The summed E-state index contributed by atoms with van der Waals surface area (Å²) in [5.41, 5.74) is 8.82. The van der Waals surface area contributed by atoms with Crippen molar-refractivity contribution in [2.75, 3.05) is 13.7 Å². The number of methoxy groups -OCH3 is 1. The van der Waals surface area contributed by atoms with E-state index in [1.54, 1.807) is 24.3 Å². The third-order valence-electron chi connectivity index (χ3n) is 7.25. The van der Waals surface area contributed by atoms with E-state index in [-0.39, 0.29) is 25.6 Å². The van der Waals surface area contributed by atoms with Crippen LogP contribution in [0, 0.1) is 5.92 Å². The Morgan fingerprint density at radius 3 is 1.83 bits per heavy atom. The molecule has 0 saturated heterocycles. The van der Waals surface area contributed by atoms with Gasteiger partial charge in [0.2, 0.25) is 17.7 Å². The number of esters is 1. The highest BCUT2D eigenvalue weighted by atomic mass is 16.5. The molecule has 11 nitrogen and oxygen atoms in total. The Labute approximate surface area is 276 Å². The van der Waals surface area contributed by atoms with Gasteiger partial charge in [-0.2, -0.15) is 0 Å². The molecule has 0 aliphatic rings. The van der Waals surface area contributed by atoms with Crippen LogP contribution in [0.5, 0.6) is 5.75 Å². The number of nitrogens with one attached hydrogen (secondary N) is 3. The number of carbonyl (C=O) groups is 4. The number of hydrogen-bond acceptors (Lipinski definition) is 8. The Morgan fingerprint density at radius 2 is 1.26 bits per heavy atom. The molecular weight excluding hydrogens is 600 g/mol. The van der Waals surface area contributed by atoms with Crippen LogP contribution in [0.1, 0.15) is 43.9 Å². The van der Waals surface area contributed by atoms with Gasteiger partial charge in [0.05, 0.1) is 20.3 Å². The minimum Gasteiger partial charge on any atom is -0.489 e. The van der Waals surface area contributed by atoms with E-state index in [0.717, 1.165) is 16.7 Å². The largest absolute Gasteiger partial charge is 0.489 e. The molecule has 0 saturated carbocycles. The summed E-state index contributed by atoms with van der Waals surface area (Å²) in [5.74, 6) is -1.56. The Balaban J connectivity index is 1.66. The van der Waals surface area contributed by atoms with Crippen LogP contribution in [-0.4, -0.2) is 61.6 Å². The van der Waals surface area contributed by atoms with E-state index < -0.39 is 47.9 Å². The molecule has 3 aromatic carbocycles. The molecule has 47 heavy (non-hydrogen) atoms. The molecule has 0 aliphatic heterocycles. The predicted molar refractivity (Wildman–Crippen MR) is 178 cm³/mol. The molecule has 0 aliphatic carbocycles. The fraction of sp³-hybridized carbons (Fsp3) is 0.389. The van der Waals surface area contributed by atoms with Crippen molar-refractivity contribution in [2.45, 2.75) is 71.0 Å². The Morgan fingerprint density at radius 1 is 0.681 bits per heavy atom. The SMILES string of the molecule is COC(=O)[C@H](CC(C)C)NC(=O)[C@@H](C)NC(=O)[C@H](Cc1ccc(OCc2ccccc2)cc1)NC(=O)[C@@H](N)COCc1ccccc1. The van der Waals surface area contributed by atoms with Gasteiger partial charge in [-0.1, -0.05) is 86.6 Å². The number of rotatable bonds is 18. The number of ether oxygens (including phenoxy) is 3. The fourth-order valence-electron chi connectivity index (χ4n) is 4.64. The van der Waals surface area contributed by atoms with Gasteiger partial charge >= 0.3 is 5.97 Å². The van der Waals surface area contributed by atoms with Crippen molar-refractivity contribution in [3.05, 3.63) is 102 Å². The monoisotopic (exact) mass is 646 g/mol. The highest BCUT2D eigenvalue weighted by molar-refractivity contribution is 5.94. The molecule has 4 atom stereocenters. The molecular formula is C36H46N4O7. The van der Waals surface area contributed by atoms with Crippen LogP contribution in [0.3, 0.4) is 0 Å². The average molecular weight is 647 g/mol. The van der Waals surface area contributed by atoms with E-state index in [4.69, 9.17) is 19.9 Å². The number of nitrogens with two attached hydrogens (primary N) is 1. The van der Waals surface area contributed by atoms with Crippen molar-refractivity contribution in [1.82, 2.24) is 16.0 Å². The number of hydrogen-bond donors (Lipinski definition) is 4. The molecule has 0 bridgehead atoms. The molecule has 3 rings (SSSR count). The number of amides is 3. The van der Waals surface area contributed by atoms with Gasteiger partial charge in [-0.15, -0.1) is 0 Å². The van der Waals surface area contributed by atoms with Crippen LogP contribution >= 0.6 is 0 Å². The molecule has 0 spiro atoms. The van der Waals surface area contributed by atoms with Crippen molar-refractivity contribution in [1.29, 1.82) is 0 Å². The molecule has 3 amide bonds. The van der Waals surface area contributed by atoms with Gasteiger partial charge < -0.3 is 35.9 Å². The quantitative estimate of drug-likeness (QED) is 0.154.